The maximum absolute atomic E-state index is 4.81. The molecular formula is C27H25N7. The summed E-state index contributed by atoms with van der Waals surface area (Å²) in [4.78, 5) is 4.79. The molecule has 5 aromatic rings. The van der Waals surface area contributed by atoms with Gasteiger partial charge in [-0.2, -0.15) is 10.3 Å². The molecule has 2 aromatic heterocycles. The Bertz CT molecular complexity index is 1370. The first-order valence-corrected chi connectivity index (χ1v) is 11.4. The quantitative estimate of drug-likeness (QED) is 0.354. The van der Waals surface area contributed by atoms with Gasteiger partial charge in [0.2, 0.25) is 5.82 Å². The van der Waals surface area contributed by atoms with Gasteiger partial charge in [-0.1, -0.05) is 91.9 Å². The van der Waals surface area contributed by atoms with E-state index in [1.54, 1.807) is 0 Å². The van der Waals surface area contributed by atoms with E-state index in [1.807, 2.05) is 41.1 Å². The lowest BCUT2D eigenvalue weighted by atomic mass is 9.98. The van der Waals surface area contributed by atoms with E-state index in [-0.39, 0.29) is 0 Å². The van der Waals surface area contributed by atoms with Crippen molar-refractivity contribution in [2.45, 2.75) is 26.3 Å². The van der Waals surface area contributed by atoms with Crippen LogP contribution in [0.15, 0.2) is 84.9 Å². The molecule has 1 N–H and O–H groups in total. The first-order valence-electron chi connectivity index (χ1n) is 11.4. The summed E-state index contributed by atoms with van der Waals surface area (Å²) in [6.45, 7) is 2.77. The van der Waals surface area contributed by atoms with Crippen molar-refractivity contribution in [1.82, 2.24) is 35.4 Å². The van der Waals surface area contributed by atoms with Crippen LogP contribution < -0.4 is 0 Å². The Morgan fingerprint density at radius 3 is 2.35 bits per heavy atom. The molecule has 0 aliphatic heterocycles. The van der Waals surface area contributed by atoms with Gasteiger partial charge in [0.05, 0.1) is 6.54 Å². The maximum atomic E-state index is 4.81. The molecule has 34 heavy (non-hydrogen) atoms. The molecule has 0 saturated carbocycles. The molecular weight excluding hydrogens is 422 g/mol. The SMILES string of the molecule is CC/C=C/c1nc(Cc2ccccc2)nn1Cc1ccc(-c2ccccc2-c2nn[nH]n2)cc1. The third-order valence-electron chi connectivity index (χ3n) is 5.56. The molecule has 0 saturated heterocycles. The predicted molar refractivity (Wildman–Crippen MR) is 133 cm³/mol. The van der Waals surface area contributed by atoms with E-state index in [2.05, 4.69) is 82.2 Å². The molecule has 0 amide bonds. The lowest BCUT2D eigenvalue weighted by Crippen LogP contribution is -2.04. The second kappa shape index (κ2) is 10.0. The van der Waals surface area contributed by atoms with Crippen LogP contribution >= 0.6 is 0 Å². The highest BCUT2D eigenvalue weighted by atomic mass is 15.5. The number of benzene rings is 3. The lowest BCUT2D eigenvalue weighted by molar-refractivity contribution is 0.668. The molecule has 0 spiro atoms. The summed E-state index contributed by atoms with van der Waals surface area (Å²) in [5.41, 5.74) is 5.46. The normalized spacial score (nSPS) is 11.3. The van der Waals surface area contributed by atoms with Crippen LogP contribution in [0.25, 0.3) is 28.6 Å². The number of tetrazole rings is 1. The van der Waals surface area contributed by atoms with Gasteiger partial charge in [-0.05, 0) is 40.0 Å². The minimum Gasteiger partial charge on any atom is -0.242 e. The van der Waals surface area contributed by atoms with Crippen molar-refractivity contribution in [2.24, 2.45) is 0 Å². The number of H-pyrrole nitrogens is 1. The summed E-state index contributed by atoms with van der Waals surface area (Å²) < 4.78 is 1.98. The van der Waals surface area contributed by atoms with Gasteiger partial charge in [0.25, 0.3) is 0 Å². The smallest absolute Gasteiger partial charge is 0.205 e. The van der Waals surface area contributed by atoms with E-state index in [0.29, 0.717) is 18.8 Å². The lowest BCUT2D eigenvalue weighted by Gasteiger charge is -2.09. The van der Waals surface area contributed by atoms with Gasteiger partial charge in [0.15, 0.2) is 11.6 Å². The van der Waals surface area contributed by atoms with Crippen LogP contribution in [-0.2, 0) is 13.0 Å². The third kappa shape index (κ3) is 4.83. The van der Waals surface area contributed by atoms with E-state index in [0.717, 1.165) is 40.3 Å². The Labute approximate surface area is 198 Å². The van der Waals surface area contributed by atoms with Gasteiger partial charge in [0, 0.05) is 12.0 Å². The summed E-state index contributed by atoms with van der Waals surface area (Å²) in [5, 5.41) is 19.3. The number of aromatic amines is 1. The van der Waals surface area contributed by atoms with Crippen molar-refractivity contribution in [3.05, 3.63) is 108 Å². The zero-order valence-electron chi connectivity index (χ0n) is 19.0. The number of hydrogen-bond acceptors (Lipinski definition) is 5. The van der Waals surface area contributed by atoms with Gasteiger partial charge >= 0.3 is 0 Å². The van der Waals surface area contributed by atoms with Crippen molar-refractivity contribution >= 4 is 6.08 Å². The van der Waals surface area contributed by atoms with Crippen LogP contribution in [0.3, 0.4) is 0 Å². The van der Waals surface area contributed by atoms with E-state index >= 15 is 0 Å². The summed E-state index contributed by atoms with van der Waals surface area (Å²) in [6, 6.07) is 26.9. The molecule has 7 heteroatoms. The molecule has 0 atom stereocenters. The highest BCUT2D eigenvalue weighted by molar-refractivity contribution is 5.80. The number of nitrogens with one attached hydrogen (secondary N) is 1. The molecule has 2 heterocycles. The summed E-state index contributed by atoms with van der Waals surface area (Å²) in [7, 11) is 0. The largest absolute Gasteiger partial charge is 0.242 e. The zero-order valence-corrected chi connectivity index (χ0v) is 19.0. The Morgan fingerprint density at radius 2 is 1.62 bits per heavy atom. The Balaban J connectivity index is 1.39. The number of nitrogens with zero attached hydrogens (tertiary/aromatic N) is 6. The molecule has 5 rings (SSSR count). The van der Waals surface area contributed by atoms with Crippen LogP contribution in [0.5, 0.6) is 0 Å². The first-order chi connectivity index (χ1) is 16.8. The molecule has 0 radical (unpaired) electrons. The van der Waals surface area contributed by atoms with Crippen molar-refractivity contribution in [1.29, 1.82) is 0 Å². The molecule has 0 unspecified atom stereocenters. The first kappa shape index (κ1) is 21.5. The van der Waals surface area contributed by atoms with Gasteiger partial charge < -0.3 is 0 Å². The van der Waals surface area contributed by atoms with Crippen molar-refractivity contribution in [2.75, 3.05) is 0 Å². The van der Waals surface area contributed by atoms with E-state index in [1.165, 1.54) is 5.56 Å². The highest BCUT2D eigenvalue weighted by Gasteiger charge is 2.12. The average molecular weight is 448 g/mol. The van der Waals surface area contributed by atoms with E-state index < -0.39 is 0 Å². The highest BCUT2D eigenvalue weighted by Crippen LogP contribution is 2.29. The second-order valence-electron chi connectivity index (χ2n) is 7.99. The molecule has 0 bridgehead atoms. The molecule has 168 valence electrons. The molecule has 7 nitrogen and oxygen atoms in total. The fourth-order valence-electron chi connectivity index (χ4n) is 3.89. The predicted octanol–water partition coefficient (Wildman–Crippen LogP) is 5.19. The monoisotopic (exact) mass is 447 g/mol. The number of rotatable bonds is 8. The van der Waals surface area contributed by atoms with Crippen LogP contribution in [0.1, 0.15) is 36.1 Å². The third-order valence-corrected chi connectivity index (χ3v) is 5.56. The molecule has 3 aromatic carbocycles. The maximum Gasteiger partial charge on any atom is 0.205 e. The second-order valence-corrected chi connectivity index (χ2v) is 7.99. The number of hydrogen-bond donors (Lipinski definition) is 1. The Kier molecular flexibility index (Phi) is 6.34. The van der Waals surface area contributed by atoms with Crippen LogP contribution in [0.2, 0.25) is 0 Å². The summed E-state index contributed by atoms with van der Waals surface area (Å²) in [5.74, 6) is 2.28. The minimum atomic E-state index is 0.584. The van der Waals surface area contributed by atoms with Gasteiger partial charge in [0.1, 0.15) is 0 Å². The zero-order chi connectivity index (χ0) is 23.2. The van der Waals surface area contributed by atoms with Crippen LogP contribution in [0.4, 0.5) is 0 Å². The molecule has 0 fully saturated rings. The summed E-state index contributed by atoms with van der Waals surface area (Å²) >= 11 is 0. The average Bonchev–Trinajstić information content (AvgIpc) is 3.54. The van der Waals surface area contributed by atoms with Gasteiger partial charge in [-0.15, -0.1) is 10.2 Å². The molecule has 0 aliphatic carbocycles. The summed E-state index contributed by atoms with van der Waals surface area (Å²) in [6.07, 6.45) is 5.84. The number of aromatic nitrogens is 7. The van der Waals surface area contributed by atoms with Gasteiger partial charge in [-0.25, -0.2) is 9.67 Å². The van der Waals surface area contributed by atoms with E-state index in [4.69, 9.17) is 10.1 Å². The minimum absolute atomic E-state index is 0.584. The van der Waals surface area contributed by atoms with Crippen LogP contribution in [0, 0.1) is 0 Å². The standard InChI is InChI=1S/C27H25N7/c1-2-3-13-26-28-25(18-20-9-5-4-6-10-20)31-34(26)19-21-14-16-22(17-15-21)23-11-7-8-12-24(23)27-29-32-33-30-27/h3-17H,2,18-19H2,1H3,(H,29,30,32,33)/b13-3+. The fraction of sp³-hybridized carbons (Fsp3) is 0.148. The topological polar surface area (TPSA) is 85.2 Å². The van der Waals surface area contributed by atoms with Crippen molar-refractivity contribution in [3.8, 4) is 22.5 Å². The molecule has 0 aliphatic rings. The Hall–Kier alpha value is -4.39. The van der Waals surface area contributed by atoms with Crippen LogP contribution in [-0.4, -0.2) is 35.4 Å². The van der Waals surface area contributed by atoms with Gasteiger partial charge in [-0.3, -0.25) is 0 Å². The van der Waals surface area contributed by atoms with Crippen molar-refractivity contribution < 1.29 is 0 Å². The van der Waals surface area contributed by atoms with Crippen molar-refractivity contribution in [3.63, 3.8) is 0 Å². The Morgan fingerprint density at radius 1 is 0.853 bits per heavy atom. The number of allylic oxidation sites excluding steroid dienone is 1. The van der Waals surface area contributed by atoms with E-state index in [9.17, 15) is 0 Å². The fourth-order valence-corrected chi connectivity index (χ4v) is 3.89.